The lowest BCUT2D eigenvalue weighted by Crippen LogP contribution is -2.41. The second-order valence-electron chi connectivity index (χ2n) is 5.48. The largest absolute Gasteiger partial charge is 0.449 e. The molecule has 122 valence electrons. The highest BCUT2D eigenvalue weighted by atomic mass is 32.2. The molecule has 1 atom stereocenters. The summed E-state index contributed by atoms with van der Waals surface area (Å²) in [7, 11) is 0. The van der Waals surface area contributed by atoms with Gasteiger partial charge in [0.15, 0.2) is 5.60 Å². The molecule has 4 nitrogen and oxygen atoms in total. The maximum absolute atomic E-state index is 12.6. The van der Waals surface area contributed by atoms with Crippen molar-refractivity contribution >= 4 is 23.5 Å². The Morgan fingerprint density at radius 1 is 1.23 bits per heavy atom. The number of thioether (sulfide) groups is 1. The van der Waals surface area contributed by atoms with Gasteiger partial charge in [-0.3, -0.25) is 4.79 Å². The highest BCUT2D eigenvalue weighted by Gasteiger charge is 2.36. The molecule has 0 spiro atoms. The van der Waals surface area contributed by atoms with Crippen LogP contribution in [0.4, 0.5) is 0 Å². The molecule has 1 aromatic carbocycles. The van der Waals surface area contributed by atoms with Crippen LogP contribution >= 0.6 is 11.8 Å². The predicted octanol–water partition coefficient (Wildman–Crippen LogP) is 3.73. The number of rotatable bonds is 8. The summed E-state index contributed by atoms with van der Waals surface area (Å²) >= 11 is 1.61. The van der Waals surface area contributed by atoms with Crippen LogP contribution in [-0.2, 0) is 14.3 Å². The van der Waals surface area contributed by atoms with Crippen LogP contribution in [0.3, 0.4) is 0 Å². The summed E-state index contributed by atoms with van der Waals surface area (Å²) in [6.07, 6.45) is 2.32. The van der Waals surface area contributed by atoms with Crippen molar-refractivity contribution in [3.05, 3.63) is 29.8 Å². The molecule has 0 fully saturated rings. The fourth-order valence-electron chi connectivity index (χ4n) is 1.84. The number of ketones is 1. The summed E-state index contributed by atoms with van der Waals surface area (Å²) in [6.45, 7) is 7.00. The average Bonchev–Trinajstić information content (AvgIpc) is 2.52. The first-order valence-electron chi connectivity index (χ1n) is 7.34. The van der Waals surface area contributed by atoms with Crippen molar-refractivity contribution in [1.29, 1.82) is 0 Å². The van der Waals surface area contributed by atoms with Gasteiger partial charge in [0.25, 0.3) is 0 Å². The SMILES string of the molecule is CC[C@](C)(OC(=O)COC(C)C)C(=O)c1ccc(SC)cc1. The van der Waals surface area contributed by atoms with Crippen LogP contribution in [0, 0.1) is 0 Å². The van der Waals surface area contributed by atoms with Crippen molar-refractivity contribution in [2.24, 2.45) is 0 Å². The Bertz CT molecular complexity index is 510. The van der Waals surface area contributed by atoms with Crippen molar-refractivity contribution in [2.75, 3.05) is 12.9 Å². The lowest BCUT2D eigenvalue weighted by atomic mass is 9.92. The number of Topliss-reactive ketones (excluding diaryl/α,β-unsaturated/α-hetero) is 1. The predicted molar refractivity (Wildman–Crippen MR) is 88.4 cm³/mol. The maximum Gasteiger partial charge on any atom is 0.333 e. The fraction of sp³-hybridized carbons (Fsp3) is 0.529. The van der Waals surface area contributed by atoms with E-state index in [2.05, 4.69) is 0 Å². The molecule has 1 rings (SSSR count). The van der Waals surface area contributed by atoms with E-state index in [0.717, 1.165) is 4.90 Å². The number of ether oxygens (including phenoxy) is 2. The summed E-state index contributed by atoms with van der Waals surface area (Å²) in [5, 5.41) is 0. The molecule has 0 unspecified atom stereocenters. The number of esters is 1. The van der Waals surface area contributed by atoms with E-state index in [1.54, 1.807) is 30.8 Å². The molecular formula is C17H24O4S. The van der Waals surface area contributed by atoms with Crippen LogP contribution < -0.4 is 0 Å². The van der Waals surface area contributed by atoms with E-state index in [4.69, 9.17) is 9.47 Å². The Hall–Kier alpha value is -1.33. The number of carbonyl (C=O) groups is 2. The van der Waals surface area contributed by atoms with Crippen LogP contribution in [0.1, 0.15) is 44.5 Å². The molecule has 5 heteroatoms. The molecule has 0 N–H and O–H groups in total. The van der Waals surface area contributed by atoms with E-state index in [-0.39, 0.29) is 18.5 Å². The van der Waals surface area contributed by atoms with Gasteiger partial charge in [0.05, 0.1) is 6.10 Å². The lowest BCUT2D eigenvalue weighted by Gasteiger charge is -2.27. The summed E-state index contributed by atoms with van der Waals surface area (Å²) in [5.74, 6) is -0.715. The first-order chi connectivity index (χ1) is 10.3. The molecule has 0 heterocycles. The van der Waals surface area contributed by atoms with Gasteiger partial charge in [-0.2, -0.15) is 0 Å². The van der Waals surface area contributed by atoms with E-state index in [9.17, 15) is 9.59 Å². The summed E-state index contributed by atoms with van der Waals surface area (Å²) in [4.78, 5) is 25.6. The van der Waals surface area contributed by atoms with E-state index < -0.39 is 11.6 Å². The molecule has 0 aliphatic carbocycles. The lowest BCUT2D eigenvalue weighted by molar-refractivity contribution is -0.161. The third-order valence-electron chi connectivity index (χ3n) is 3.38. The van der Waals surface area contributed by atoms with Crippen molar-refractivity contribution in [3.8, 4) is 0 Å². The second kappa shape index (κ2) is 8.34. The van der Waals surface area contributed by atoms with Crippen LogP contribution in [0.25, 0.3) is 0 Å². The molecule has 0 bridgehead atoms. The van der Waals surface area contributed by atoms with Crippen LogP contribution in [0.15, 0.2) is 29.2 Å². The summed E-state index contributed by atoms with van der Waals surface area (Å²) < 4.78 is 10.6. The van der Waals surface area contributed by atoms with Gasteiger partial charge in [0.1, 0.15) is 6.61 Å². The van der Waals surface area contributed by atoms with Gasteiger partial charge in [-0.25, -0.2) is 4.79 Å². The number of hydrogen-bond acceptors (Lipinski definition) is 5. The zero-order chi connectivity index (χ0) is 16.8. The van der Waals surface area contributed by atoms with Crippen LogP contribution in [-0.4, -0.2) is 36.3 Å². The minimum Gasteiger partial charge on any atom is -0.449 e. The Kier molecular flexibility index (Phi) is 7.10. The molecule has 1 aromatic rings. The third-order valence-corrected chi connectivity index (χ3v) is 4.12. The number of carbonyl (C=O) groups excluding carboxylic acids is 2. The number of benzene rings is 1. The van der Waals surface area contributed by atoms with Gasteiger partial charge in [0.2, 0.25) is 5.78 Å². The van der Waals surface area contributed by atoms with E-state index >= 15 is 0 Å². The molecule has 22 heavy (non-hydrogen) atoms. The maximum atomic E-state index is 12.6. The molecule has 0 aliphatic rings. The Labute approximate surface area is 136 Å². The van der Waals surface area contributed by atoms with E-state index in [1.807, 2.05) is 39.2 Å². The second-order valence-corrected chi connectivity index (χ2v) is 6.36. The fourth-order valence-corrected chi connectivity index (χ4v) is 2.25. The van der Waals surface area contributed by atoms with Gasteiger partial charge in [-0.15, -0.1) is 11.8 Å². The first kappa shape index (κ1) is 18.7. The number of hydrogen-bond donors (Lipinski definition) is 0. The summed E-state index contributed by atoms with van der Waals surface area (Å²) in [5.41, 5.74) is -0.627. The molecule has 0 saturated carbocycles. The minimum absolute atomic E-state index is 0.0600. The van der Waals surface area contributed by atoms with E-state index in [1.165, 1.54) is 0 Å². The molecule has 0 saturated heterocycles. The molecule has 0 aliphatic heterocycles. The molecular weight excluding hydrogens is 300 g/mol. The van der Waals surface area contributed by atoms with Crippen molar-refractivity contribution in [2.45, 2.75) is 50.7 Å². The quantitative estimate of drug-likeness (QED) is 0.414. The monoisotopic (exact) mass is 324 g/mol. The topological polar surface area (TPSA) is 52.6 Å². The van der Waals surface area contributed by atoms with Gasteiger partial charge in [-0.1, -0.05) is 19.1 Å². The van der Waals surface area contributed by atoms with Gasteiger partial charge < -0.3 is 9.47 Å². The standard InChI is InChI=1S/C17H24O4S/c1-6-17(4,21-15(18)11-20-12(2)3)16(19)13-7-9-14(22-5)10-8-13/h7-10,12H,6,11H2,1-5H3/t17-/m0/s1. The first-order valence-corrected chi connectivity index (χ1v) is 8.57. The highest BCUT2D eigenvalue weighted by molar-refractivity contribution is 7.98. The highest BCUT2D eigenvalue weighted by Crippen LogP contribution is 2.24. The van der Waals surface area contributed by atoms with E-state index in [0.29, 0.717) is 12.0 Å². The molecule has 0 amide bonds. The van der Waals surface area contributed by atoms with Crippen molar-refractivity contribution in [3.63, 3.8) is 0 Å². The Morgan fingerprint density at radius 2 is 1.82 bits per heavy atom. The average molecular weight is 324 g/mol. The molecule has 0 aromatic heterocycles. The minimum atomic E-state index is -1.17. The van der Waals surface area contributed by atoms with Gasteiger partial charge >= 0.3 is 5.97 Å². The van der Waals surface area contributed by atoms with Crippen LogP contribution in [0.5, 0.6) is 0 Å². The zero-order valence-electron chi connectivity index (χ0n) is 13.8. The molecule has 0 radical (unpaired) electrons. The van der Waals surface area contributed by atoms with Gasteiger partial charge in [-0.05, 0) is 45.6 Å². The van der Waals surface area contributed by atoms with Crippen molar-refractivity contribution in [1.82, 2.24) is 0 Å². The summed E-state index contributed by atoms with van der Waals surface area (Å²) in [6, 6.07) is 7.30. The smallest absolute Gasteiger partial charge is 0.333 e. The Balaban J connectivity index is 2.82. The van der Waals surface area contributed by atoms with Gasteiger partial charge in [0, 0.05) is 10.5 Å². The van der Waals surface area contributed by atoms with Crippen molar-refractivity contribution < 1.29 is 19.1 Å². The van der Waals surface area contributed by atoms with Crippen LogP contribution in [0.2, 0.25) is 0 Å². The third kappa shape index (κ3) is 5.14. The normalized spacial score (nSPS) is 13.7. The Morgan fingerprint density at radius 3 is 2.27 bits per heavy atom. The zero-order valence-corrected chi connectivity index (χ0v) is 14.7.